The van der Waals surface area contributed by atoms with Gasteiger partial charge in [0.2, 0.25) is 0 Å². The molecule has 0 spiro atoms. The second-order valence-electron chi connectivity index (χ2n) is 4.33. The minimum absolute atomic E-state index is 0.182. The summed E-state index contributed by atoms with van der Waals surface area (Å²) in [7, 11) is 0. The first-order valence-electron chi connectivity index (χ1n) is 5.83. The van der Waals surface area contributed by atoms with Crippen molar-refractivity contribution in [3.8, 4) is 0 Å². The fraction of sp³-hybridized carbons (Fsp3) is 0.750. The summed E-state index contributed by atoms with van der Waals surface area (Å²) < 4.78 is 11.4. The average Bonchev–Trinajstić information content (AvgIpc) is 2.56. The fourth-order valence-corrected chi connectivity index (χ4v) is 3.70. The maximum absolute atomic E-state index is 11.9. The first-order valence-corrected chi connectivity index (χ1v) is 7.08. The lowest BCUT2D eigenvalue weighted by atomic mass is 9.82. The molecule has 1 aliphatic heterocycles. The normalized spacial score (nSPS) is 33.3. The number of allylic oxidation sites excluding steroid dienone is 1. The minimum atomic E-state index is -0.182. The summed E-state index contributed by atoms with van der Waals surface area (Å²) in [6, 6.07) is 0. The van der Waals surface area contributed by atoms with Gasteiger partial charge in [0.05, 0.1) is 12.2 Å². The quantitative estimate of drug-likeness (QED) is 0.442. The van der Waals surface area contributed by atoms with E-state index < -0.39 is 0 Å². The molecule has 0 aromatic rings. The zero-order valence-corrected chi connectivity index (χ0v) is 11.8. The average molecular weight is 336 g/mol. The standard InChI is InChI=1S/C12H17IO3/c1-3-15-12(14)10-7(2)16-11-8(10)5-4-6-9(11)13/h8-9,11H,3-6H2,1-2H3/t8-,9+,11+/m0/s1. The van der Waals surface area contributed by atoms with Crippen molar-refractivity contribution < 1.29 is 14.3 Å². The van der Waals surface area contributed by atoms with Gasteiger partial charge in [-0.05, 0) is 26.7 Å². The topological polar surface area (TPSA) is 35.5 Å². The Morgan fingerprint density at radius 3 is 3.00 bits per heavy atom. The van der Waals surface area contributed by atoms with Gasteiger partial charge in [-0.2, -0.15) is 0 Å². The van der Waals surface area contributed by atoms with Crippen LogP contribution in [0.15, 0.2) is 11.3 Å². The monoisotopic (exact) mass is 336 g/mol. The van der Waals surface area contributed by atoms with E-state index in [1.165, 1.54) is 12.8 Å². The van der Waals surface area contributed by atoms with Gasteiger partial charge >= 0.3 is 5.97 Å². The second-order valence-corrected chi connectivity index (χ2v) is 5.93. The van der Waals surface area contributed by atoms with Crippen LogP contribution >= 0.6 is 22.6 Å². The van der Waals surface area contributed by atoms with E-state index in [0.717, 1.165) is 17.8 Å². The molecule has 90 valence electrons. The number of alkyl halides is 1. The third-order valence-electron chi connectivity index (χ3n) is 3.31. The predicted molar refractivity (Wildman–Crippen MR) is 69.4 cm³/mol. The molecule has 2 rings (SSSR count). The van der Waals surface area contributed by atoms with Crippen LogP contribution in [-0.4, -0.2) is 22.6 Å². The summed E-state index contributed by atoms with van der Waals surface area (Å²) in [5.74, 6) is 0.852. The zero-order valence-electron chi connectivity index (χ0n) is 9.66. The van der Waals surface area contributed by atoms with Crippen molar-refractivity contribution in [1.29, 1.82) is 0 Å². The van der Waals surface area contributed by atoms with Gasteiger partial charge in [0.1, 0.15) is 11.9 Å². The highest BCUT2D eigenvalue weighted by Gasteiger charge is 2.44. The lowest BCUT2D eigenvalue weighted by Crippen LogP contribution is -2.34. The van der Waals surface area contributed by atoms with Gasteiger partial charge in [-0.15, -0.1) is 0 Å². The largest absolute Gasteiger partial charge is 0.493 e. The van der Waals surface area contributed by atoms with Gasteiger partial charge in [-0.25, -0.2) is 4.79 Å². The van der Waals surface area contributed by atoms with E-state index in [9.17, 15) is 4.79 Å². The Kier molecular flexibility index (Phi) is 3.77. The van der Waals surface area contributed by atoms with Gasteiger partial charge in [0.25, 0.3) is 0 Å². The summed E-state index contributed by atoms with van der Waals surface area (Å²) >= 11 is 2.44. The summed E-state index contributed by atoms with van der Waals surface area (Å²) in [6.45, 7) is 4.15. The molecule has 3 atom stereocenters. The van der Waals surface area contributed by atoms with Crippen LogP contribution in [0.3, 0.4) is 0 Å². The van der Waals surface area contributed by atoms with Gasteiger partial charge in [0, 0.05) is 9.84 Å². The van der Waals surface area contributed by atoms with E-state index >= 15 is 0 Å². The highest BCUT2D eigenvalue weighted by Crippen LogP contribution is 2.43. The number of halogens is 1. The van der Waals surface area contributed by atoms with Crippen LogP contribution in [0.25, 0.3) is 0 Å². The Balaban J connectivity index is 2.18. The summed E-state index contributed by atoms with van der Waals surface area (Å²) in [5, 5.41) is 0. The van der Waals surface area contributed by atoms with Crippen molar-refractivity contribution >= 4 is 28.6 Å². The summed E-state index contributed by atoms with van der Waals surface area (Å²) in [4.78, 5) is 11.9. The van der Waals surface area contributed by atoms with E-state index in [0.29, 0.717) is 10.5 Å². The Bertz CT molecular complexity index is 324. The van der Waals surface area contributed by atoms with Crippen LogP contribution in [0, 0.1) is 5.92 Å². The molecule has 0 saturated heterocycles. The molecule has 1 heterocycles. The number of hydrogen-bond donors (Lipinski definition) is 0. The molecule has 0 aromatic heterocycles. The molecule has 0 N–H and O–H groups in total. The lowest BCUT2D eigenvalue weighted by Gasteiger charge is -2.30. The number of ether oxygens (including phenoxy) is 2. The summed E-state index contributed by atoms with van der Waals surface area (Å²) in [6.07, 6.45) is 3.60. The van der Waals surface area contributed by atoms with Gasteiger partial charge in [-0.3, -0.25) is 0 Å². The molecule has 0 bridgehead atoms. The molecule has 1 saturated carbocycles. The number of hydrogen-bond acceptors (Lipinski definition) is 3. The van der Waals surface area contributed by atoms with Crippen molar-refractivity contribution in [2.24, 2.45) is 5.92 Å². The van der Waals surface area contributed by atoms with Crippen molar-refractivity contribution in [1.82, 2.24) is 0 Å². The SMILES string of the molecule is CCOC(=O)C1=C(C)O[C@H]2[C@H](I)CCC[C@@H]12. The van der Waals surface area contributed by atoms with Crippen LogP contribution < -0.4 is 0 Å². The van der Waals surface area contributed by atoms with Gasteiger partial charge in [0.15, 0.2) is 0 Å². The molecule has 0 unspecified atom stereocenters. The maximum Gasteiger partial charge on any atom is 0.337 e. The minimum Gasteiger partial charge on any atom is -0.493 e. The Hall–Kier alpha value is -0.260. The molecule has 1 aliphatic carbocycles. The highest BCUT2D eigenvalue weighted by atomic mass is 127. The van der Waals surface area contributed by atoms with Gasteiger partial charge in [-0.1, -0.05) is 29.0 Å². The van der Waals surface area contributed by atoms with Crippen LogP contribution in [0.5, 0.6) is 0 Å². The molecule has 16 heavy (non-hydrogen) atoms. The fourth-order valence-electron chi connectivity index (χ4n) is 2.61. The summed E-state index contributed by atoms with van der Waals surface area (Å²) in [5.41, 5.74) is 0.785. The van der Waals surface area contributed by atoms with Crippen molar-refractivity contribution in [3.63, 3.8) is 0 Å². The van der Waals surface area contributed by atoms with Crippen molar-refractivity contribution in [2.45, 2.75) is 43.1 Å². The van der Waals surface area contributed by atoms with Crippen LogP contribution in [0.1, 0.15) is 33.1 Å². The molecule has 1 fully saturated rings. The smallest absolute Gasteiger partial charge is 0.337 e. The Morgan fingerprint density at radius 1 is 1.56 bits per heavy atom. The number of rotatable bonds is 2. The third kappa shape index (κ3) is 2.08. The van der Waals surface area contributed by atoms with Crippen LogP contribution in [0.2, 0.25) is 0 Å². The predicted octanol–water partition coefficient (Wildman–Crippen LogP) is 2.83. The molecule has 0 amide bonds. The van der Waals surface area contributed by atoms with Crippen molar-refractivity contribution in [2.75, 3.05) is 6.61 Å². The number of carbonyl (C=O) groups excluding carboxylic acids is 1. The molecule has 0 radical (unpaired) electrons. The number of fused-ring (bicyclic) bond motifs is 1. The van der Waals surface area contributed by atoms with Crippen LogP contribution in [0.4, 0.5) is 0 Å². The van der Waals surface area contributed by atoms with Gasteiger partial charge < -0.3 is 9.47 Å². The molecule has 3 nitrogen and oxygen atoms in total. The molecule has 2 aliphatic rings. The zero-order chi connectivity index (χ0) is 11.7. The molecule has 0 aromatic carbocycles. The second kappa shape index (κ2) is 4.94. The van der Waals surface area contributed by atoms with Crippen molar-refractivity contribution in [3.05, 3.63) is 11.3 Å². The van der Waals surface area contributed by atoms with E-state index in [4.69, 9.17) is 9.47 Å². The van der Waals surface area contributed by atoms with Crippen LogP contribution in [-0.2, 0) is 14.3 Å². The lowest BCUT2D eigenvalue weighted by molar-refractivity contribution is -0.139. The first-order chi connectivity index (χ1) is 7.65. The number of carbonyl (C=O) groups is 1. The molecule has 4 heteroatoms. The molecular weight excluding hydrogens is 319 g/mol. The van der Waals surface area contributed by atoms with E-state index in [-0.39, 0.29) is 18.0 Å². The highest BCUT2D eigenvalue weighted by molar-refractivity contribution is 14.1. The Morgan fingerprint density at radius 2 is 2.31 bits per heavy atom. The third-order valence-corrected chi connectivity index (χ3v) is 4.64. The number of esters is 1. The molecular formula is C12H17IO3. The van der Waals surface area contributed by atoms with E-state index in [1.807, 2.05) is 13.8 Å². The maximum atomic E-state index is 11.9. The first kappa shape index (κ1) is 12.2. The Labute approximate surface area is 110 Å². The van der Waals surface area contributed by atoms with E-state index in [1.54, 1.807) is 0 Å². The van der Waals surface area contributed by atoms with E-state index in [2.05, 4.69) is 22.6 Å².